The monoisotopic (exact) mass is 252 g/mol. The summed E-state index contributed by atoms with van der Waals surface area (Å²) < 4.78 is 0. The molecule has 1 aromatic heterocycles. The summed E-state index contributed by atoms with van der Waals surface area (Å²) in [6.45, 7) is 0. The van der Waals surface area contributed by atoms with Gasteiger partial charge in [-0.25, -0.2) is 4.98 Å². The topological polar surface area (TPSA) is 42.0 Å². The molecule has 0 spiro atoms. The number of hydrogen-bond acceptors (Lipinski definition) is 2. The summed E-state index contributed by atoms with van der Waals surface area (Å²) in [5.41, 5.74) is 2.19. The Morgan fingerprint density at radius 3 is 2.42 bits per heavy atom. The molecule has 0 saturated heterocycles. The van der Waals surface area contributed by atoms with Gasteiger partial charge in [0.1, 0.15) is 5.82 Å². The van der Waals surface area contributed by atoms with E-state index in [0.717, 1.165) is 24.0 Å². The second-order valence-electron chi connectivity index (χ2n) is 4.92. The summed E-state index contributed by atoms with van der Waals surface area (Å²) in [6, 6.07) is 13.9. The van der Waals surface area contributed by atoms with Gasteiger partial charge in [-0.15, -0.1) is 0 Å². The smallest absolute Gasteiger partial charge is 0.228 e. The van der Waals surface area contributed by atoms with Gasteiger partial charge in [0.2, 0.25) is 5.91 Å². The van der Waals surface area contributed by atoms with E-state index in [-0.39, 0.29) is 11.8 Å². The highest BCUT2D eigenvalue weighted by atomic mass is 16.2. The van der Waals surface area contributed by atoms with Gasteiger partial charge in [0.15, 0.2) is 0 Å². The maximum atomic E-state index is 11.8. The number of benzene rings is 1. The number of carbonyl (C=O) groups excluding carboxylic acids is 1. The lowest BCUT2D eigenvalue weighted by atomic mass is 9.85. The molecule has 1 amide bonds. The summed E-state index contributed by atoms with van der Waals surface area (Å²) in [5, 5.41) is 2.87. The molecule has 3 rings (SSSR count). The third-order valence-corrected chi connectivity index (χ3v) is 3.60. The molecular formula is C16H16N2O. The normalized spacial score (nSPS) is 14.7. The molecule has 0 aliphatic heterocycles. The second kappa shape index (κ2) is 5.22. The first-order valence-electron chi connectivity index (χ1n) is 6.65. The molecule has 1 heterocycles. The molecule has 1 N–H and O–H groups in total. The van der Waals surface area contributed by atoms with Crippen LogP contribution in [-0.4, -0.2) is 10.9 Å². The van der Waals surface area contributed by atoms with Crippen LogP contribution in [-0.2, 0) is 4.79 Å². The van der Waals surface area contributed by atoms with E-state index in [1.54, 1.807) is 6.20 Å². The van der Waals surface area contributed by atoms with E-state index in [2.05, 4.69) is 10.3 Å². The Morgan fingerprint density at radius 2 is 1.84 bits per heavy atom. The van der Waals surface area contributed by atoms with Crippen LogP contribution in [0.2, 0.25) is 0 Å². The fraction of sp³-hybridized carbons (Fsp3) is 0.250. The number of nitrogens with zero attached hydrogens (tertiary/aromatic N) is 1. The third kappa shape index (κ3) is 2.65. The Morgan fingerprint density at radius 1 is 1.05 bits per heavy atom. The molecule has 3 nitrogen and oxygen atoms in total. The zero-order valence-corrected chi connectivity index (χ0v) is 10.7. The van der Waals surface area contributed by atoms with Crippen molar-refractivity contribution in [2.24, 2.45) is 5.92 Å². The van der Waals surface area contributed by atoms with Gasteiger partial charge in [-0.1, -0.05) is 36.8 Å². The van der Waals surface area contributed by atoms with Gasteiger partial charge in [-0.05, 0) is 30.5 Å². The molecule has 96 valence electrons. The molecule has 19 heavy (non-hydrogen) atoms. The standard InChI is InChI=1S/C16H16N2O/c19-16(13-7-4-8-13)18-15-10-9-14(11-17-15)12-5-2-1-3-6-12/h1-3,5-6,9-11,13H,4,7-8H2,(H,17,18,19). The number of hydrogen-bond donors (Lipinski definition) is 1. The average molecular weight is 252 g/mol. The van der Waals surface area contributed by atoms with Crippen LogP contribution in [0.25, 0.3) is 11.1 Å². The molecule has 1 aliphatic carbocycles. The molecule has 1 fully saturated rings. The van der Waals surface area contributed by atoms with Crippen molar-refractivity contribution in [1.29, 1.82) is 0 Å². The van der Waals surface area contributed by atoms with Crippen molar-refractivity contribution >= 4 is 11.7 Å². The lowest BCUT2D eigenvalue weighted by molar-refractivity contribution is -0.122. The number of rotatable bonds is 3. The lowest BCUT2D eigenvalue weighted by Gasteiger charge is -2.23. The van der Waals surface area contributed by atoms with E-state index >= 15 is 0 Å². The predicted molar refractivity (Wildman–Crippen MR) is 75.6 cm³/mol. The van der Waals surface area contributed by atoms with Crippen LogP contribution in [0.15, 0.2) is 48.7 Å². The fourth-order valence-corrected chi connectivity index (χ4v) is 2.17. The number of carbonyl (C=O) groups is 1. The molecule has 0 atom stereocenters. The average Bonchev–Trinajstić information content (AvgIpc) is 2.38. The van der Waals surface area contributed by atoms with Gasteiger partial charge in [0.25, 0.3) is 0 Å². The molecule has 1 aromatic carbocycles. The van der Waals surface area contributed by atoms with E-state index in [0.29, 0.717) is 5.82 Å². The summed E-state index contributed by atoms with van der Waals surface area (Å²) in [4.78, 5) is 16.1. The van der Waals surface area contributed by atoms with Crippen molar-refractivity contribution < 1.29 is 4.79 Å². The Bertz CT molecular complexity index is 559. The Balaban J connectivity index is 1.70. The summed E-state index contributed by atoms with van der Waals surface area (Å²) >= 11 is 0. The van der Waals surface area contributed by atoms with Crippen LogP contribution in [0.5, 0.6) is 0 Å². The van der Waals surface area contributed by atoms with Crippen LogP contribution < -0.4 is 5.32 Å². The highest BCUT2D eigenvalue weighted by molar-refractivity contribution is 5.92. The zero-order valence-electron chi connectivity index (χ0n) is 10.7. The van der Waals surface area contributed by atoms with Gasteiger partial charge in [-0.2, -0.15) is 0 Å². The van der Waals surface area contributed by atoms with Gasteiger partial charge in [0.05, 0.1) is 0 Å². The zero-order chi connectivity index (χ0) is 13.1. The van der Waals surface area contributed by atoms with E-state index in [9.17, 15) is 4.79 Å². The van der Waals surface area contributed by atoms with E-state index < -0.39 is 0 Å². The van der Waals surface area contributed by atoms with Crippen LogP contribution in [0, 0.1) is 5.92 Å². The molecule has 3 heteroatoms. The Kier molecular flexibility index (Phi) is 3.27. The Hall–Kier alpha value is -2.16. The summed E-state index contributed by atoms with van der Waals surface area (Å²) in [7, 11) is 0. The number of aromatic nitrogens is 1. The van der Waals surface area contributed by atoms with Gasteiger partial charge < -0.3 is 5.32 Å². The van der Waals surface area contributed by atoms with Crippen molar-refractivity contribution in [3.8, 4) is 11.1 Å². The van der Waals surface area contributed by atoms with Crippen LogP contribution in [0.1, 0.15) is 19.3 Å². The number of anilines is 1. The highest BCUT2D eigenvalue weighted by Gasteiger charge is 2.25. The number of nitrogens with one attached hydrogen (secondary N) is 1. The SMILES string of the molecule is O=C(Nc1ccc(-c2ccccc2)cn1)C1CCC1. The van der Waals surface area contributed by atoms with Gasteiger partial charge >= 0.3 is 0 Å². The number of amides is 1. The quantitative estimate of drug-likeness (QED) is 0.908. The fourth-order valence-electron chi connectivity index (χ4n) is 2.17. The molecule has 1 aliphatic rings. The van der Waals surface area contributed by atoms with E-state index in [1.807, 2.05) is 42.5 Å². The molecule has 0 unspecified atom stereocenters. The minimum atomic E-state index is 0.103. The third-order valence-electron chi connectivity index (χ3n) is 3.60. The minimum absolute atomic E-state index is 0.103. The van der Waals surface area contributed by atoms with Crippen LogP contribution in [0.3, 0.4) is 0 Å². The molecular weight excluding hydrogens is 236 g/mol. The van der Waals surface area contributed by atoms with Crippen molar-refractivity contribution in [3.63, 3.8) is 0 Å². The molecule has 0 bridgehead atoms. The van der Waals surface area contributed by atoms with Crippen molar-refractivity contribution in [2.75, 3.05) is 5.32 Å². The summed E-state index contributed by atoms with van der Waals surface area (Å²) in [6.07, 6.45) is 4.98. The minimum Gasteiger partial charge on any atom is -0.310 e. The van der Waals surface area contributed by atoms with Gasteiger partial charge in [-0.3, -0.25) is 4.79 Å². The van der Waals surface area contributed by atoms with E-state index in [4.69, 9.17) is 0 Å². The van der Waals surface area contributed by atoms with E-state index in [1.165, 1.54) is 6.42 Å². The first-order chi connectivity index (χ1) is 9.33. The Labute approximate surface area is 112 Å². The van der Waals surface area contributed by atoms with Crippen LogP contribution >= 0.6 is 0 Å². The molecule has 2 aromatic rings. The van der Waals surface area contributed by atoms with Crippen molar-refractivity contribution in [1.82, 2.24) is 4.98 Å². The lowest BCUT2D eigenvalue weighted by Crippen LogP contribution is -2.28. The number of pyridine rings is 1. The summed E-state index contributed by atoms with van der Waals surface area (Å²) in [5.74, 6) is 0.929. The van der Waals surface area contributed by atoms with Gasteiger partial charge in [0, 0.05) is 17.7 Å². The molecule has 0 radical (unpaired) electrons. The largest absolute Gasteiger partial charge is 0.310 e. The second-order valence-corrected chi connectivity index (χ2v) is 4.92. The highest BCUT2D eigenvalue weighted by Crippen LogP contribution is 2.27. The first-order valence-corrected chi connectivity index (χ1v) is 6.65. The predicted octanol–water partition coefficient (Wildman–Crippen LogP) is 3.49. The maximum Gasteiger partial charge on any atom is 0.228 e. The van der Waals surface area contributed by atoms with Crippen molar-refractivity contribution in [3.05, 3.63) is 48.7 Å². The van der Waals surface area contributed by atoms with Crippen molar-refractivity contribution in [2.45, 2.75) is 19.3 Å². The maximum absolute atomic E-state index is 11.8. The first kappa shape index (κ1) is 11.9. The van der Waals surface area contributed by atoms with Crippen LogP contribution in [0.4, 0.5) is 5.82 Å². The molecule has 1 saturated carbocycles.